The monoisotopic (exact) mass is 326 g/mol. The topological polar surface area (TPSA) is 104 Å². The number of rotatable bonds is 3. The molecule has 0 amide bonds. The Labute approximate surface area is 135 Å². The summed E-state index contributed by atoms with van der Waals surface area (Å²) in [6.07, 6.45) is 2.93. The van der Waals surface area contributed by atoms with Crippen LogP contribution in [-0.4, -0.2) is 24.6 Å². The lowest BCUT2D eigenvalue weighted by Gasteiger charge is -2.09. The van der Waals surface area contributed by atoms with Crippen LogP contribution in [0.2, 0.25) is 0 Å². The van der Waals surface area contributed by atoms with Gasteiger partial charge in [-0.15, -0.1) is 12.6 Å². The Morgan fingerprint density at radius 1 is 1.22 bits per heavy atom. The number of fused-ring (bicyclic) bond motifs is 1. The molecule has 1 aromatic carbocycles. The second kappa shape index (κ2) is 5.29. The minimum absolute atomic E-state index is 0.0646. The van der Waals surface area contributed by atoms with E-state index in [2.05, 4.69) is 32.7 Å². The first-order chi connectivity index (χ1) is 11.2. The second-order valence-electron chi connectivity index (χ2n) is 4.60. The van der Waals surface area contributed by atoms with Crippen LogP contribution in [0, 0.1) is 0 Å². The van der Waals surface area contributed by atoms with Crippen LogP contribution >= 0.6 is 12.6 Å². The van der Waals surface area contributed by atoms with E-state index in [1.807, 2.05) is 18.2 Å². The number of aromatic nitrogens is 5. The first-order valence-corrected chi connectivity index (χ1v) is 7.03. The number of nitrogen functional groups attached to an aromatic ring is 1. The van der Waals surface area contributed by atoms with Gasteiger partial charge in [0.25, 0.3) is 5.78 Å². The molecule has 3 aromatic heterocycles. The molecule has 0 atom stereocenters. The number of anilines is 1. The largest absolute Gasteiger partial charge is 0.464 e. The molecule has 114 valence electrons. The second-order valence-corrected chi connectivity index (χ2v) is 5.11. The van der Waals surface area contributed by atoms with Crippen LogP contribution in [0.5, 0.6) is 11.8 Å². The summed E-state index contributed by atoms with van der Waals surface area (Å²) in [6, 6.07) is 9.12. The SMILES string of the molecule is Nc1nc(Oc2cc(S)ccc2-c2ccco2)nc2ncnn12. The fourth-order valence-electron chi connectivity index (χ4n) is 2.10. The van der Waals surface area contributed by atoms with Gasteiger partial charge in [0.1, 0.15) is 17.8 Å². The summed E-state index contributed by atoms with van der Waals surface area (Å²) in [7, 11) is 0. The zero-order chi connectivity index (χ0) is 15.8. The van der Waals surface area contributed by atoms with E-state index in [1.165, 1.54) is 10.8 Å². The highest BCUT2D eigenvalue weighted by Gasteiger charge is 2.14. The van der Waals surface area contributed by atoms with Gasteiger partial charge in [-0.25, -0.2) is 0 Å². The van der Waals surface area contributed by atoms with Gasteiger partial charge < -0.3 is 14.9 Å². The molecule has 2 N–H and O–H groups in total. The Morgan fingerprint density at radius 3 is 2.96 bits per heavy atom. The number of nitrogens with zero attached hydrogens (tertiary/aromatic N) is 5. The normalized spacial score (nSPS) is 11.0. The fraction of sp³-hybridized carbons (Fsp3) is 0. The van der Waals surface area contributed by atoms with Crippen LogP contribution in [0.1, 0.15) is 0 Å². The van der Waals surface area contributed by atoms with Crippen molar-refractivity contribution in [3.05, 3.63) is 42.9 Å². The summed E-state index contributed by atoms with van der Waals surface area (Å²) in [4.78, 5) is 12.9. The molecule has 0 radical (unpaired) electrons. The standard InChI is InChI=1S/C14H10N6O2S/c15-12-18-14(19-13-16-7-17-20(12)13)22-11-6-8(23)3-4-9(11)10-2-1-5-21-10/h1-7,23H,(H2,15,16,17,18,19). The van der Waals surface area contributed by atoms with Crippen molar-refractivity contribution in [1.29, 1.82) is 0 Å². The smallest absolute Gasteiger partial charge is 0.328 e. The number of benzene rings is 1. The van der Waals surface area contributed by atoms with Crippen molar-refractivity contribution >= 4 is 24.4 Å². The van der Waals surface area contributed by atoms with Gasteiger partial charge in [-0.3, -0.25) is 0 Å². The van der Waals surface area contributed by atoms with E-state index in [0.717, 1.165) is 10.5 Å². The quantitative estimate of drug-likeness (QED) is 0.557. The van der Waals surface area contributed by atoms with Crippen molar-refractivity contribution in [3.8, 4) is 23.1 Å². The molecule has 3 heterocycles. The van der Waals surface area contributed by atoms with Crippen LogP contribution in [-0.2, 0) is 0 Å². The number of thiol groups is 1. The van der Waals surface area contributed by atoms with Gasteiger partial charge in [-0.2, -0.15) is 24.6 Å². The first kappa shape index (κ1) is 13.6. The minimum Gasteiger partial charge on any atom is -0.464 e. The maximum Gasteiger partial charge on any atom is 0.328 e. The molecule has 9 heteroatoms. The highest BCUT2D eigenvalue weighted by atomic mass is 32.1. The van der Waals surface area contributed by atoms with Crippen molar-refractivity contribution in [3.63, 3.8) is 0 Å². The number of ether oxygens (including phenoxy) is 1. The Kier molecular flexibility index (Phi) is 3.12. The van der Waals surface area contributed by atoms with Crippen molar-refractivity contribution < 1.29 is 9.15 Å². The van der Waals surface area contributed by atoms with E-state index < -0.39 is 0 Å². The molecule has 0 bridgehead atoms. The van der Waals surface area contributed by atoms with E-state index in [9.17, 15) is 0 Å². The Morgan fingerprint density at radius 2 is 2.13 bits per heavy atom. The highest BCUT2D eigenvalue weighted by molar-refractivity contribution is 7.80. The van der Waals surface area contributed by atoms with E-state index in [-0.39, 0.29) is 12.0 Å². The van der Waals surface area contributed by atoms with E-state index in [0.29, 0.717) is 17.3 Å². The molecule has 0 saturated heterocycles. The Balaban J connectivity index is 1.79. The maximum absolute atomic E-state index is 5.81. The molecule has 0 aliphatic carbocycles. The molecule has 4 aromatic rings. The van der Waals surface area contributed by atoms with Crippen LogP contribution in [0.25, 0.3) is 17.1 Å². The predicted molar refractivity (Wildman–Crippen MR) is 84.5 cm³/mol. The summed E-state index contributed by atoms with van der Waals surface area (Å²) in [5.41, 5.74) is 6.56. The van der Waals surface area contributed by atoms with Gasteiger partial charge in [0, 0.05) is 4.90 Å². The van der Waals surface area contributed by atoms with E-state index in [4.69, 9.17) is 14.9 Å². The molecule has 8 nitrogen and oxygen atoms in total. The van der Waals surface area contributed by atoms with Crippen LogP contribution in [0.15, 0.2) is 52.2 Å². The summed E-state index contributed by atoms with van der Waals surface area (Å²) < 4.78 is 12.5. The average Bonchev–Trinajstić information content (AvgIpc) is 3.18. The third kappa shape index (κ3) is 2.46. The fourth-order valence-corrected chi connectivity index (χ4v) is 2.30. The molecule has 0 saturated carbocycles. The molecule has 0 aliphatic heterocycles. The third-order valence-electron chi connectivity index (χ3n) is 3.11. The van der Waals surface area contributed by atoms with Crippen LogP contribution in [0.3, 0.4) is 0 Å². The minimum atomic E-state index is 0.0646. The lowest BCUT2D eigenvalue weighted by atomic mass is 10.1. The molecule has 4 rings (SSSR count). The molecular formula is C14H10N6O2S. The van der Waals surface area contributed by atoms with E-state index in [1.54, 1.807) is 18.4 Å². The van der Waals surface area contributed by atoms with Gasteiger partial charge in [0.05, 0.1) is 11.8 Å². The number of furan rings is 1. The third-order valence-corrected chi connectivity index (χ3v) is 3.38. The summed E-state index contributed by atoms with van der Waals surface area (Å²) >= 11 is 4.33. The average molecular weight is 326 g/mol. The van der Waals surface area contributed by atoms with Gasteiger partial charge in [0.15, 0.2) is 0 Å². The summed E-state index contributed by atoms with van der Waals surface area (Å²) in [6.45, 7) is 0. The van der Waals surface area contributed by atoms with Gasteiger partial charge in [-0.05, 0) is 30.3 Å². The first-order valence-electron chi connectivity index (χ1n) is 6.59. The molecule has 0 spiro atoms. The molecule has 0 unspecified atom stereocenters. The van der Waals surface area contributed by atoms with Crippen LogP contribution < -0.4 is 10.5 Å². The maximum atomic E-state index is 5.81. The van der Waals surface area contributed by atoms with Crippen molar-refractivity contribution in [1.82, 2.24) is 24.6 Å². The number of nitrogens with two attached hydrogens (primary N) is 1. The van der Waals surface area contributed by atoms with Gasteiger partial charge >= 0.3 is 6.01 Å². The van der Waals surface area contributed by atoms with Crippen molar-refractivity contribution in [2.45, 2.75) is 4.90 Å². The predicted octanol–water partition coefficient (Wildman–Crippen LogP) is 2.44. The summed E-state index contributed by atoms with van der Waals surface area (Å²) in [5.74, 6) is 1.58. The molecule has 0 aliphatic rings. The lowest BCUT2D eigenvalue weighted by Crippen LogP contribution is -2.05. The highest BCUT2D eigenvalue weighted by Crippen LogP contribution is 2.34. The zero-order valence-electron chi connectivity index (χ0n) is 11.6. The van der Waals surface area contributed by atoms with Crippen molar-refractivity contribution in [2.24, 2.45) is 0 Å². The van der Waals surface area contributed by atoms with Gasteiger partial charge in [0.2, 0.25) is 5.95 Å². The Bertz CT molecular complexity index is 982. The molecule has 0 fully saturated rings. The Hall–Kier alpha value is -3.07. The van der Waals surface area contributed by atoms with Crippen molar-refractivity contribution in [2.75, 3.05) is 5.73 Å². The number of hydrogen-bond acceptors (Lipinski definition) is 8. The summed E-state index contributed by atoms with van der Waals surface area (Å²) in [5, 5.41) is 3.91. The molecule has 23 heavy (non-hydrogen) atoms. The van der Waals surface area contributed by atoms with Gasteiger partial charge in [-0.1, -0.05) is 0 Å². The zero-order valence-corrected chi connectivity index (χ0v) is 12.5. The van der Waals surface area contributed by atoms with Crippen LogP contribution in [0.4, 0.5) is 5.95 Å². The lowest BCUT2D eigenvalue weighted by molar-refractivity contribution is 0.440. The number of hydrogen-bond donors (Lipinski definition) is 2. The van der Waals surface area contributed by atoms with E-state index >= 15 is 0 Å². The molecular weight excluding hydrogens is 316 g/mol.